The number of benzene rings is 2. The molecule has 8 nitrogen and oxygen atoms in total. The van der Waals surface area contributed by atoms with Crippen LogP contribution in [0.5, 0.6) is 0 Å². The predicted molar refractivity (Wildman–Crippen MR) is 134 cm³/mol. The molecule has 3 aliphatic heterocycles. The molecule has 2 aromatic rings. The molecular formula is C28H32N2O6. The summed E-state index contributed by atoms with van der Waals surface area (Å²) in [7, 11) is 0. The van der Waals surface area contributed by atoms with Gasteiger partial charge in [-0.1, -0.05) is 43.3 Å². The maximum Gasteiger partial charge on any atom is 0.310 e. The summed E-state index contributed by atoms with van der Waals surface area (Å²) in [5, 5.41) is 22.1. The smallest absolute Gasteiger partial charge is 0.310 e. The molecule has 2 amide bonds. The summed E-state index contributed by atoms with van der Waals surface area (Å²) in [6.45, 7) is 8.98. The molecule has 8 heteroatoms. The van der Waals surface area contributed by atoms with Crippen molar-refractivity contribution in [1.29, 1.82) is 0 Å². The van der Waals surface area contributed by atoms with Crippen molar-refractivity contribution in [2.45, 2.75) is 50.5 Å². The quantitative estimate of drug-likeness (QED) is 0.576. The minimum absolute atomic E-state index is 0.171. The highest BCUT2D eigenvalue weighted by Gasteiger charge is 2.80. The second-order valence-corrected chi connectivity index (χ2v) is 10.6. The zero-order valence-corrected chi connectivity index (χ0v) is 20.8. The van der Waals surface area contributed by atoms with E-state index >= 15 is 0 Å². The number of fused-ring (bicyclic) bond motifs is 2. The Bertz CT molecular complexity index is 1260. The van der Waals surface area contributed by atoms with Gasteiger partial charge < -0.3 is 24.7 Å². The topological polar surface area (TPSA) is 107 Å². The van der Waals surface area contributed by atoms with Crippen molar-refractivity contribution < 1.29 is 29.3 Å². The number of amides is 2. The normalized spacial score (nSPS) is 33.6. The molecule has 3 heterocycles. The highest BCUT2D eigenvalue weighted by atomic mass is 16.5. The maximum absolute atomic E-state index is 14.4. The Morgan fingerprint density at radius 1 is 1.28 bits per heavy atom. The van der Waals surface area contributed by atoms with Crippen LogP contribution in [0.25, 0.3) is 10.8 Å². The van der Waals surface area contributed by atoms with Gasteiger partial charge in [-0.25, -0.2) is 0 Å². The Kier molecular flexibility index (Phi) is 5.72. The van der Waals surface area contributed by atoms with E-state index < -0.39 is 47.0 Å². The minimum atomic E-state index is -1.29. The molecule has 190 valence electrons. The van der Waals surface area contributed by atoms with Gasteiger partial charge in [0.2, 0.25) is 5.91 Å². The Labute approximate surface area is 210 Å². The van der Waals surface area contributed by atoms with Gasteiger partial charge in [0.15, 0.2) is 0 Å². The number of hydrogen-bond acceptors (Lipinski definition) is 5. The van der Waals surface area contributed by atoms with E-state index in [1.807, 2.05) is 49.4 Å². The Hall–Kier alpha value is -3.23. The molecule has 2 aromatic carbocycles. The van der Waals surface area contributed by atoms with Gasteiger partial charge in [-0.3, -0.25) is 14.4 Å². The summed E-state index contributed by atoms with van der Waals surface area (Å²) in [4.78, 5) is 43.6. The second-order valence-electron chi connectivity index (χ2n) is 10.6. The molecule has 0 aliphatic carbocycles. The molecule has 3 fully saturated rings. The van der Waals surface area contributed by atoms with E-state index in [4.69, 9.17) is 4.74 Å². The summed E-state index contributed by atoms with van der Waals surface area (Å²) in [6.07, 6.45) is 2.00. The Morgan fingerprint density at radius 3 is 2.61 bits per heavy atom. The second kappa shape index (κ2) is 8.42. The number of carboxylic acid groups (broad SMARTS) is 1. The third-order valence-electron chi connectivity index (χ3n) is 8.61. The lowest BCUT2D eigenvalue weighted by Crippen LogP contribution is -2.58. The zero-order valence-electron chi connectivity index (χ0n) is 20.8. The lowest BCUT2D eigenvalue weighted by atomic mass is 9.62. The lowest BCUT2D eigenvalue weighted by molar-refractivity contribution is -0.157. The maximum atomic E-state index is 14.4. The van der Waals surface area contributed by atoms with Crippen molar-refractivity contribution in [2.75, 3.05) is 18.1 Å². The van der Waals surface area contributed by atoms with Gasteiger partial charge >= 0.3 is 5.97 Å². The number of likely N-dealkylation sites (tertiary alicyclic amines) is 1. The average molecular weight is 493 g/mol. The van der Waals surface area contributed by atoms with Gasteiger partial charge in [-0.2, -0.15) is 0 Å². The average Bonchev–Trinajstić information content (AvgIpc) is 3.38. The van der Waals surface area contributed by atoms with E-state index in [1.54, 1.807) is 24.8 Å². The summed E-state index contributed by atoms with van der Waals surface area (Å²) in [6, 6.07) is 11.8. The van der Waals surface area contributed by atoms with E-state index in [2.05, 4.69) is 6.58 Å². The van der Waals surface area contributed by atoms with Crippen LogP contribution in [0.3, 0.4) is 0 Å². The molecule has 36 heavy (non-hydrogen) atoms. The summed E-state index contributed by atoms with van der Waals surface area (Å²) < 4.78 is 6.52. The Morgan fingerprint density at radius 2 is 1.97 bits per heavy atom. The van der Waals surface area contributed by atoms with Crippen LogP contribution in [0.15, 0.2) is 55.1 Å². The zero-order chi connectivity index (χ0) is 26.0. The molecule has 3 unspecified atom stereocenters. The van der Waals surface area contributed by atoms with Crippen LogP contribution < -0.4 is 4.90 Å². The Balaban J connectivity index is 1.65. The van der Waals surface area contributed by atoms with Gasteiger partial charge in [0.25, 0.3) is 5.91 Å². The summed E-state index contributed by atoms with van der Waals surface area (Å²) in [5.74, 6) is -4.17. The van der Waals surface area contributed by atoms with Crippen LogP contribution in [-0.4, -0.2) is 69.3 Å². The van der Waals surface area contributed by atoms with Crippen molar-refractivity contribution in [3.8, 4) is 0 Å². The number of nitrogens with zero attached hydrogens (tertiary/aromatic N) is 2. The molecular weight excluding hydrogens is 460 g/mol. The summed E-state index contributed by atoms with van der Waals surface area (Å²) >= 11 is 0. The van der Waals surface area contributed by atoms with Crippen LogP contribution >= 0.6 is 0 Å². The molecule has 0 radical (unpaired) electrons. The molecule has 7 atom stereocenters. The first-order chi connectivity index (χ1) is 17.1. The van der Waals surface area contributed by atoms with Crippen molar-refractivity contribution in [1.82, 2.24) is 4.90 Å². The number of aliphatic hydroxyl groups excluding tert-OH is 1. The van der Waals surface area contributed by atoms with Crippen LogP contribution in [0.1, 0.15) is 27.2 Å². The van der Waals surface area contributed by atoms with E-state index in [0.29, 0.717) is 12.1 Å². The van der Waals surface area contributed by atoms with Gasteiger partial charge in [0.05, 0.1) is 24.2 Å². The molecule has 2 bridgehead atoms. The number of ether oxygens (including phenoxy) is 1. The number of carbonyl (C=O) groups excluding carboxylic acids is 2. The summed E-state index contributed by atoms with van der Waals surface area (Å²) in [5.41, 5.74) is -1.71. The molecule has 2 N–H and O–H groups in total. The highest BCUT2D eigenvalue weighted by Crippen LogP contribution is 2.65. The number of hydrogen-bond donors (Lipinski definition) is 2. The van der Waals surface area contributed by atoms with Crippen molar-refractivity contribution >= 4 is 34.2 Å². The molecule has 0 saturated carbocycles. The first-order valence-electron chi connectivity index (χ1n) is 12.4. The molecule has 0 aromatic heterocycles. The van der Waals surface area contributed by atoms with Crippen LogP contribution in [0.2, 0.25) is 0 Å². The van der Waals surface area contributed by atoms with Crippen LogP contribution in [0, 0.1) is 17.8 Å². The molecule has 3 saturated heterocycles. The first-order valence-corrected chi connectivity index (χ1v) is 12.4. The van der Waals surface area contributed by atoms with E-state index in [-0.39, 0.29) is 25.0 Å². The third kappa shape index (κ3) is 3.17. The largest absolute Gasteiger partial charge is 0.481 e. The first kappa shape index (κ1) is 24.5. The van der Waals surface area contributed by atoms with Gasteiger partial charge in [-0.05, 0) is 49.1 Å². The van der Waals surface area contributed by atoms with Crippen molar-refractivity contribution in [2.24, 2.45) is 17.8 Å². The van der Waals surface area contributed by atoms with E-state index in [9.17, 15) is 24.6 Å². The van der Waals surface area contributed by atoms with Gasteiger partial charge in [0, 0.05) is 12.2 Å². The van der Waals surface area contributed by atoms with Gasteiger partial charge in [0.1, 0.15) is 17.6 Å². The number of carboxylic acids is 1. The fourth-order valence-electron chi connectivity index (χ4n) is 6.84. The van der Waals surface area contributed by atoms with Crippen LogP contribution in [-0.2, 0) is 19.1 Å². The third-order valence-corrected chi connectivity index (χ3v) is 8.61. The molecule has 1 spiro atoms. The van der Waals surface area contributed by atoms with E-state index in [1.165, 1.54) is 4.90 Å². The number of aliphatic carboxylic acids is 1. The molecule has 3 aliphatic rings. The predicted octanol–water partition coefficient (Wildman–Crippen LogP) is 2.83. The number of anilines is 1. The molecule has 5 rings (SSSR count). The minimum Gasteiger partial charge on any atom is -0.481 e. The lowest BCUT2D eigenvalue weighted by Gasteiger charge is -2.38. The fourth-order valence-corrected chi connectivity index (χ4v) is 6.84. The standard InChI is InChI=1S/C28H32N2O6/c1-5-12-29(20-11-10-18-8-6-7-9-19(18)13-20)25(33)23-28-14-16(2)27(4,36-28)22(26(34)35)21(28)24(32)30(23)17(3)15-31/h5-11,13,16-17,21-23,31H,1,12,14-15H2,2-4H3,(H,34,35)/t16?,17-,21+,22-,23?,27+,28?/m1/s1. The number of aliphatic hydroxyl groups is 1. The van der Waals surface area contributed by atoms with E-state index in [0.717, 1.165) is 10.8 Å². The van der Waals surface area contributed by atoms with Crippen molar-refractivity contribution in [3.05, 3.63) is 55.1 Å². The highest BCUT2D eigenvalue weighted by molar-refractivity contribution is 6.05. The fraction of sp³-hybridized carbons (Fsp3) is 0.464. The number of rotatable bonds is 7. The van der Waals surface area contributed by atoms with Crippen molar-refractivity contribution in [3.63, 3.8) is 0 Å². The number of carbonyl (C=O) groups is 3. The van der Waals surface area contributed by atoms with Crippen LogP contribution in [0.4, 0.5) is 5.69 Å². The van der Waals surface area contributed by atoms with Gasteiger partial charge in [-0.15, -0.1) is 6.58 Å². The SMILES string of the molecule is C=CCN(C(=O)C1N([C@H](C)CO)C(=O)[C@@H]2[C@H](C(=O)O)[C@@]3(C)OC12CC3C)c1ccc2ccccc2c1. The monoisotopic (exact) mass is 492 g/mol.